The average molecular weight is 416 g/mol. The van der Waals surface area contributed by atoms with Crippen LogP contribution in [0.15, 0.2) is 46.0 Å². The van der Waals surface area contributed by atoms with E-state index in [-0.39, 0.29) is 5.91 Å². The number of halogens is 1. The molecular formula is C19H18BrN3OS. The lowest BCUT2D eigenvalue weighted by Crippen LogP contribution is -2.52. The third kappa shape index (κ3) is 3.10. The van der Waals surface area contributed by atoms with Gasteiger partial charge >= 0.3 is 0 Å². The fraction of sp³-hybridized carbons (Fsp3) is 0.263. The van der Waals surface area contributed by atoms with Crippen molar-refractivity contribution in [3.8, 4) is 17.2 Å². The normalized spacial score (nSPS) is 22.0. The van der Waals surface area contributed by atoms with Gasteiger partial charge in [0, 0.05) is 27.3 Å². The summed E-state index contributed by atoms with van der Waals surface area (Å²) in [5, 5.41) is 14.7. The summed E-state index contributed by atoms with van der Waals surface area (Å²) in [6, 6.07) is 9.72. The van der Waals surface area contributed by atoms with Crippen molar-refractivity contribution in [2.75, 3.05) is 7.05 Å². The number of nitrogens with zero attached hydrogens (tertiary/aromatic N) is 2. The summed E-state index contributed by atoms with van der Waals surface area (Å²) in [7, 11) is 1.78. The number of allylic oxidation sites excluding steroid dienone is 1. The Kier molecular flexibility index (Phi) is 4.72. The molecule has 0 bridgehead atoms. The number of carbonyl (C=O) groups is 1. The standard InChI is InChI=1S/C19H18BrN3OS/c1-4-15-22-19(2,9-16(24)23(15)3)18-17(20)14(11-25-18)13-7-5-6-12(8-13)10-21/h4-8,11,22H,9H2,1-3H3/b15-4-/t19-/m0/s1. The largest absolute Gasteiger partial charge is 0.361 e. The molecule has 2 aromatic rings. The van der Waals surface area contributed by atoms with Crippen LogP contribution in [0.1, 0.15) is 30.7 Å². The van der Waals surface area contributed by atoms with Crippen LogP contribution >= 0.6 is 27.3 Å². The zero-order valence-corrected chi connectivity index (χ0v) is 16.7. The van der Waals surface area contributed by atoms with Crippen molar-refractivity contribution >= 4 is 33.2 Å². The van der Waals surface area contributed by atoms with Gasteiger partial charge in [-0.2, -0.15) is 5.26 Å². The molecule has 0 radical (unpaired) electrons. The highest BCUT2D eigenvalue weighted by atomic mass is 79.9. The van der Waals surface area contributed by atoms with Crippen LogP contribution in [0, 0.1) is 11.3 Å². The van der Waals surface area contributed by atoms with Gasteiger partial charge in [0.2, 0.25) is 5.91 Å². The number of amides is 1. The van der Waals surface area contributed by atoms with Crippen molar-refractivity contribution < 1.29 is 4.79 Å². The van der Waals surface area contributed by atoms with E-state index in [1.807, 2.05) is 38.1 Å². The molecule has 1 saturated heterocycles. The van der Waals surface area contributed by atoms with Crippen LogP contribution in [-0.4, -0.2) is 17.9 Å². The van der Waals surface area contributed by atoms with Crippen molar-refractivity contribution in [2.45, 2.75) is 25.8 Å². The van der Waals surface area contributed by atoms with Crippen molar-refractivity contribution in [3.05, 3.63) is 56.5 Å². The molecule has 1 fully saturated rings. The lowest BCUT2D eigenvalue weighted by molar-refractivity contribution is -0.132. The van der Waals surface area contributed by atoms with Crippen LogP contribution in [-0.2, 0) is 10.3 Å². The van der Waals surface area contributed by atoms with Gasteiger partial charge in [0.05, 0.1) is 23.6 Å². The highest BCUT2D eigenvalue weighted by Gasteiger charge is 2.40. The van der Waals surface area contributed by atoms with Crippen LogP contribution < -0.4 is 5.32 Å². The van der Waals surface area contributed by atoms with Gasteiger partial charge in [-0.05, 0) is 53.5 Å². The first-order valence-corrected chi connectivity index (χ1v) is 9.56. The second-order valence-electron chi connectivity index (χ2n) is 6.25. The van der Waals surface area contributed by atoms with Gasteiger partial charge in [-0.1, -0.05) is 12.1 Å². The number of rotatable bonds is 2. The van der Waals surface area contributed by atoms with E-state index in [4.69, 9.17) is 5.26 Å². The van der Waals surface area contributed by atoms with Gasteiger partial charge < -0.3 is 10.2 Å². The Morgan fingerprint density at radius 2 is 2.24 bits per heavy atom. The Bertz CT molecular complexity index is 912. The third-order valence-electron chi connectivity index (χ3n) is 4.45. The van der Waals surface area contributed by atoms with Crippen LogP contribution in [0.5, 0.6) is 0 Å². The summed E-state index contributed by atoms with van der Waals surface area (Å²) in [5.41, 5.74) is 2.18. The molecule has 6 heteroatoms. The Morgan fingerprint density at radius 1 is 1.48 bits per heavy atom. The van der Waals surface area contributed by atoms with Crippen molar-refractivity contribution in [1.82, 2.24) is 10.2 Å². The quantitative estimate of drug-likeness (QED) is 0.780. The highest BCUT2D eigenvalue weighted by molar-refractivity contribution is 9.10. The summed E-state index contributed by atoms with van der Waals surface area (Å²) < 4.78 is 0.968. The molecule has 2 heterocycles. The molecule has 0 saturated carbocycles. The third-order valence-corrected chi connectivity index (χ3v) is 6.78. The maximum absolute atomic E-state index is 12.4. The van der Waals surface area contributed by atoms with E-state index in [0.717, 1.165) is 26.3 Å². The molecule has 1 aromatic carbocycles. The summed E-state index contributed by atoms with van der Waals surface area (Å²) in [4.78, 5) is 15.2. The number of nitriles is 1. The molecule has 1 amide bonds. The Labute approximate surface area is 159 Å². The number of thiophene rings is 1. The molecule has 0 aliphatic carbocycles. The fourth-order valence-electron chi connectivity index (χ4n) is 3.04. The molecule has 1 aliphatic rings. The Hall–Kier alpha value is -2.10. The minimum Gasteiger partial charge on any atom is -0.361 e. The molecule has 0 unspecified atom stereocenters. The summed E-state index contributed by atoms with van der Waals surface area (Å²) >= 11 is 5.34. The molecule has 1 atom stereocenters. The van der Waals surface area contributed by atoms with E-state index in [2.05, 4.69) is 32.7 Å². The van der Waals surface area contributed by atoms with Crippen LogP contribution in [0.4, 0.5) is 0 Å². The maximum atomic E-state index is 12.4. The Morgan fingerprint density at radius 3 is 2.92 bits per heavy atom. The molecule has 0 spiro atoms. The smallest absolute Gasteiger partial charge is 0.230 e. The van der Waals surface area contributed by atoms with E-state index in [0.29, 0.717) is 12.0 Å². The molecular weight excluding hydrogens is 398 g/mol. The van der Waals surface area contributed by atoms with E-state index < -0.39 is 5.54 Å². The maximum Gasteiger partial charge on any atom is 0.230 e. The van der Waals surface area contributed by atoms with Crippen molar-refractivity contribution in [3.63, 3.8) is 0 Å². The van der Waals surface area contributed by atoms with E-state index >= 15 is 0 Å². The zero-order chi connectivity index (χ0) is 18.2. The number of nitrogens with one attached hydrogen (secondary N) is 1. The van der Waals surface area contributed by atoms with E-state index in [1.54, 1.807) is 29.4 Å². The van der Waals surface area contributed by atoms with Gasteiger partial charge in [0.25, 0.3) is 0 Å². The Balaban J connectivity index is 2.03. The minimum atomic E-state index is -0.472. The van der Waals surface area contributed by atoms with Crippen molar-refractivity contribution in [1.29, 1.82) is 5.26 Å². The molecule has 1 aromatic heterocycles. The van der Waals surface area contributed by atoms with Gasteiger partial charge in [0.15, 0.2) is 0 Å². The summed E-state index contributed by atoms with van der Waals surface area (Å²) in [6.07, 6.45) is 2.30. The monoisotopic (exact) mass is 415 g/mol. The van der Waals surface area contributed by atoms with Gasteiger partial charge in [-0.3, -0.25) is 4.79 Å². The van der Waals surface area contributed by atoms with Crippen LogP contribution in [0.3, 0.4) is 0 Å². The van der Waals surface area contributed by atoms with Gasteiger partial charge in [-0.15, -0.1) is 11.3 Å². The average Bonchev–Trinajstić information content (AvgIpc) is 3.00. The summed E-state index contributed by atoms with van der Waals surface area (Å²) in [5.74, 6) is 0.898. The van der Waals surface area contributed by atoms with E-state index in [1.165, 1.54) is 0 Å². The van der Waals surface area contributed by atoms with Gasteiger partial charge in [-0.25, -0.2) is 0 Å². The predicted molar refractivity (Wildman–Crippen MR) is 104 cm³/mol. The lowest BCUT2D eigenvalue weighted by Gasteiger charge is -2.40. The van der Waals surface area contributed by atoms with Crippen LogP contribution in [0.2, 0.25) is 0 Å². The first-order valence-electron chi connectivity index (χ1n) is 7.88. The molecule has 4 nitrogen and oxygen atoms in total. The molecule has 1 aliphatic heterocycles. The number of hydrogen-bond donors (Lipinski definition) is 1. The molecule has 1 N–H and O–H groups in total. The summed E-state index contributed by atoms with van der Waals surface area (Å²) in [6.45, 7) is 3.97. The second-order valence-corrected chi connectivity index (χ2v) is 7.92. The number of benzene rings is 1. The van der Waals surface area contributed by atoms with Gasteiger partial charge in [0.1, 0.15) is 5.82 Å². The number of hydrogen-bond acceptors (Lipinski definition) is 4. The number of carbonyl (C=O) groups excluding carboxylic acids is 1. The fourth-order valence-corrected chi connectivity index (χ4v) is 5.34. The van der Waals surface area contributed by atoms with Crippen molar-refractivity contribution in [2.24, 2.45) is 0 Å². The predicted octanol–water partition coefficient (Wildman–Crippen LogP) is 4.58. The second kappa shape index (κ2) is 6.66. The zero-order valence-electron chi connectivity index (χ0n) is 14.3. The molecule has 25 heavy (non-hydrogen) atoms. The first kappa shape index (κ1) is 17.7. The molecule has 3 rings (SSSR count). The first-order chi connectivity index (χ1) is 11.9. The SMILES string of the molecule is C/C=C1/N[C@](C)(c2scc(-c3cccc(C#N)c3)c2Br)CC(=O)N1C. The topological polar surface area (TPSA) is 56.1 Å². The lowest BCUT2D eigenvalue weighted by atomic mass is 9.91. The highest BCUT2D eigenvalue weighted by Crippen LogP contribution is 2.44. The molecule has 128 valence electrons. The van der Waals surface area contributed by atoms with E-state index in [9.17, 15) is 4.79 Å². The van der Waals surface area contributed by atoms with Crippen LogP contribution in [0.25, 0.3) is 11.1 Å². The minimum absolute atomic E-state index is 0.0858.